The van der Waals surface area contributed by atoms with Crippen molar-refractivity contribution >= 4 is 23.4 Å². The van der Waals surface area contributed by atoms with Crippen LogP contribution < -0.4 is 10.1 Å². The molecule has 1 aromatic carbocycles. The molecule has 106 valence electrons. The Morgan fingerprint density at radius 3 is 3.00 bits per heavy atom. The van der Waals surface area contributed by atoms with E-state index < -0.39 is 0 Å². The molecule has 1 heterocycles. The molecule has 0 radical (unpaired) electrons. The molecule has 1 N–H and O–H groups in total. The highest BCUT2D eigenvalue weighted by atomic mass is 35.5. The number of nitrogens with one attached hydrogen (secondary N) is 1. The highest BCUT2D eigenvalue weighted by molar-refractivity contribution is 8.00. The van der Waals surface area contributed by atoms with Gasteiger partial charge in [-0.1, -0.05) is 24.6 Å². The lowest BCUT2D eigenvalue weighted by Crippen LogP contribution is -2.29. The van der Waals surface area contributed by atoms with Crippen LogP contribution in [0.5, 0.6) is 5.75 Å². The summed E-state index contributed by atoms with van der Waals surface area (Å²) in [5.74, 6) is 2.05. The predicted octanol–water partition coefficient (Wildman–Crippen LogP) is 4.28. The average Bonchev–Trinajstić information content (AvgIpc) is 2.95. The van der Waals surface area contributed by atoms with Gasteiger partial charge in [-0.2, -0.15) is 11.8 Å². The van der Waals surface area contributed by atoms with Crippen molar-refractivity contribution in [1.82, 2.24) is 5.32 Å². The summed E-state index contributed by atoms with van der Waals surface area (Å²) in [6.45, 7) is 3.25. The van der Waals surface area contributed by atoms with Gasteiger partial charge in [0.15, 0.2) is 0 Å². The molecule has 0 aliphatic carbocycles. The Morgan fingerprint density at radius 1 is 1.53 bits per heavy atom. The zero-order valence-corrected chi connectivity index (χ0v) is 13.2. The third-order valence-electron chi connectivity index (χ3n) is 3.49. The lowest BCUT2D eigenvalue weighted by molar-refractivity contribution is 0.412. The first-order valence-electron chi connectivity index (χ1n) is 6.94. The van der Waals surface area contributed by atoms with Gasteiger partial charge in [0.2, 0.25) is 0 Å². The van der Waals surface area contributed by atoms with Gasteiger partial charge >= 0.3 is 0 Å². The Labute approximate surface area is 125 Å². The van der Waals surface area contributed by atoms with Crippen LogP contribution in [0.1, 0.15) is 37.8 Å². The summed E-state index contributed by atoms with van der Waals surface area (Å²) >= 11 is 8.19. The summed E-state index contributed by atoms with van der Waals surface area (Å²) in [6.07, 6.45) is 3.76. The molecule has 1 aliphatic rings. The van der Waals surface area contributed by atoms with E-state index in [-0.39, 0.29) is 0 Å². The molecule has 2 atom stereocenters. The van der Waals surface area contributed by atoms with Crippen LogP contribution in [0.3, 0.4) is 0 Å². The molecule has 2 rings (SSSR count). The van der Waals surface area contributed by atoms with Gasteiger partial charge in [0, 0.05) is 11.3 Å². The Kier molecular flexibility index (Phi) is 5.86. The van der Waals surface area contributed by atoms with Crippen molar-refractivity contribution in [2.24, 2.45) is 0 Å². The molecule has 2 nitrogen and oxygen atoms in total. The van der Waals surface area contributed by atoms with Crippen LogP contribution in [0, 0.1) is 0 Å². The molecule has 0 aromatic heterocycles. The maximum atomic E-state index is 6.11. The first-order valence-corrected chi connectivity index (χ1v) is 8.37. The molecule has 0 amide bonds. The summed E-state index contributed by atoms with van der Waals surface area (Å²) in [5.41, 5.74) is 1.29. The van der Waals surface area contributed by atoms with E-state index in [0.29, 0.717) is 16.3 Å². The van der Waals surface area contributed by atoms with Crippen molar-refractivity contribution in [3.8, 4) is 5.75 Å². The summed E-state index contributed by atoms with van der Waals surface area (Å²) < 4.78 is 5.34. The van der Waals surface area contributed by atoms with Gasteiger partial charge < -0.3 is 10.1 Å². The fourth-order valence-corrected chi connectivity index (χ4v) is 4.11. The normalized spacial score (nSPS) is 20.5. The third kappa shape index (κ3) is 3.80. The maximum Gasteiger partial charge on any atom is 0.137 e. The second-order valence-corrected chi connectivity index (χ2v) is 6.63. The van der Waals surface area contributed by atoms with Crippen molar-refractivity contribution in [2.75, 3.05) is 19.4 Å². The fourth-order valence-electron chi connectivity index (χ4n) is 2.50. The second kappa shape index (κ2) is 7.41. The molecule has 19 heavy (non-hydrogen) atoms. The zero-order chi connectivity index (χ0) is 13.7. The van der Waals surface area contributed by atoms with Crippen LogP contribution in [-0.2, 0) is 0 Å². The summed E-state index contributed by atoms with van der Waals surface area (Å²) in [6, 6.07) is 6.54. The summed E-state index contributed by atoms with van der Waals surface area (Å²) in [4.78, 5) is 0. The molecule has 1 aromatic rings. The number of halogens is 1. The standard InChI is InChI=1S/C15H22ClNOS/c1-3-8-17-15(14-5-4-9-19-14)11-6-7-12(16)13(10-11)18-2/h6-7,10,14-15,17H,3-5,8-9H2,1-2H3. The SMILES string of the molecule is CCCNC(c1ccc(Cl)c(OC)c1)C1CCCS1. The number of hydrogen-bond donors (Lipinski definition) is 1. The Bertz CT molecular complexity index is 407. The molecule has 1 saturated heterocycles. The monoisotopic (exact) mass is 299 g/mol. The number of methoxy groups -OCH3 is 1. The number of ether oxygens (including phenoxy) is 1. The molecular formula is C15H22ClNOS. The van der Waals surface area contributed by atoms with Gasteiger partial charge in [0.25, 0.3) is 0 Å². The average molecular weight is 300 g/mol. The number of rotatable bonds is 6. The van der Waals surface area contributed by atoms with Gasteiger partial charge in [-0.3, -0.25) is 0 Å². The smallest absolute Gasteiger partial charge is 0.137 e. The van der Waals surface area contributed by atoms with E-state index in [9.17, 15) is 0 Å². The molecular weight excluding hydrogens is 278 g/mol. The Hall–Kier alpha value is -0.380. The molecule has 1 aliphatic heterocycles. The Morgan fingerprint density at radius 2 is 2.37 bits per heavy atom. The molecule has 0 spiro atoms. The molecule has 4 heteroatoms. The van der Waals surface area contributed by atoms with Crippen molar-refractivity contribution in [3.05, 3.63) is 28.8 Å². The minimum atomic E-state index is 0.401. The van der Waals surface area contributed by atoms with Crippen LogP contribution in [-0.4, -0.2) is 24.7 Å². The van der Waals surface area contributed by atoms with Crippen LogP contribution in [0.25, 0.3) is 0 Å². The van der Waals surface area contributed by atoms with E-state index in [1.807, 2.05) is 6.07 Å². The van der Waals surface area contributed by atoms with Crippen molar-refractivity contribution < 1.29 is 4.74 Å². The van der Waals surface area contributed by atoms with Crippen molar-refractivity contribution in [1.29, 1.82) is 0 Å². The third-order valence-corrected chi connectivity index (χ3v) is 5.26. The second-order valence-electron chi connectivity index (χ2n) is 4.88. The van der Waals surface area contributed by atoms with E-state index in [4.69, 9.17) is 16.3 Å². The van der Waals surface area contributed by atoms with Gasteiger partial charge in [-0.25, -0.2) is 0 Å². The molecule has 0 bridgehead atoms. The first kappa shape index (κ1) is 15.0. The van der Waals surface area contributed by atoms with Gasteiger partial charge in [0.05, 0.1) is 12.1 Å². The summed E-state index contributed by atoms with van der Waals surface area (Å²) in [7, 11) is 1.67. The van der Waals surface area contributed by atoms with Crippen LogP contribution in [0.2, 0.25) is 5.02 Å². The number of hydrogen-bond acceptors (Lipinski definition) is 3. The topological polar surface area (TPSA) is 21.3 Å². The van der Waals surface area contributed by atoms with Gasteiger partial charge in [0.1, 0.15) is 5.75 Å². The zero-order valence-electron chi connectivity index (χ0n) is 11.6. The van der Waals surface area contributed by atoms with Crippen LogP contribution >= 0.6 is 23.4 Å². The highest BCUT2D eigenvalue weighted by Gasteiger charge is 2.26. The number of thioether (sulfide) groups is 1. The van der Waals surface area contributed by atoms with E-state index in [0.717, 1.165) is 18.7 Å². The minimum Gasteiger partial charge on any atom is -0.495 e. The van der Waals surface area contributed by atoms with Crippen LogP contribution in [0.4, 0.5) is 0 Å². The van der Waals surface area contributed by atoms with Crippen LogP contribution in [0.15, 0.2) is 18.2 Å². The summed E-state index contributed by atoms with van der Waals surface area (Å²) in [5, 5.41) is 5.02. The Balaban J connectivity index is 2.20. The first-order chi connectivity index (χ1) is 9.26. The van der Waals surface area contributed by atoms with Gasteiger partial charge in [-0.15, -0.1) is 0 Å². The lowest BCUT2D eigenvalue weighted by atomic mass is 10.0. The molecule has 0 saturated carbocycles. The van der Waals surface area contributed by atoms with E-state index in [2.05, 4.69) is 36.1 Å². The fraction of sp³-hybridized carbons (Fsp3) is 0.600. The van der Waals surface area contributed by atoms with Crippen molar-refractivity contribution in [3.63, 3.8) is 0 Å². The minimum absolute atomic E-state index is 0.401. The lowest BCUT2D eigenvalue weighted by Gasteiger charge is -2.25. The van der Waals surface area contributed by atoms with Gasteiger partial charge in [-0.05, 0) is 49.3 Å². The predicted molar refractivity (Wildman–Crippen MR) is 84.5 cm³/mol. The molecule has 2 unspecified atom stereocenters. The van der Waals surface area contributed by atoms with E-state index >= 15 is 0 Å². The highest BCUT2D eigenvalue weighted by Crippen LogP contribution is 2.38. The van der Waals surface area contributed by atoms with E-state index in [1.54, 1.807) is 7.11 Å². The molecule has 1 fully saturated rings. The quantitative estimate of drug-likeness (QED) is 0.847. The largest absolute Gasteiger partial charge is 0.495 e. The van der Waals surface area contributed by atoms with E-state index in [1.165, 1.54) is 24.2 Å². The van der Waals surface area contributed by atoms with Crippen molar-refractivity contribution in [2.45, 2.75) is 37.5 Å². The number of benzene rings is 1. The maximum absolute atomic E-state index is 6.11.